The third-order valence-corrected chi connectivity index (χ3v) is 12.5. The Labute approximate surface area is 306 Å². The summed E-state index contributed by atoms with van der Waals surface area (Å²) in [6.07, 6.45) is 8.75. The second kappa shape index (κ2) is 12.9. The first-order valence-corrected chi connectivity index (χ1v) is 18.8. The van der Waals surface area contributed by atoms with E-state index < -0.39 is 17.2 Å². The van der Waals surface area contributed by atoms with Gasteiger partial charge in [0.15, 0.2) is 11.6 Å². The van der Waals surface area contributed by atoms with Crippen LogP contribution in [0.2, 0.25) is 5.02 Å². The van der Waals surface area contributed by atoms with Crippen molar-refractivity contribution >= 4 is 39.2 Å². The number of H-pyrrole nitrogens is 1. The van der Waals surface area contributed by atoms with Crippen molar-refractivity contribution in [3.05, 3.63) is 28.7 Å². The fraction of sp³-hybridized carbons (Fsp3) is 0.622. The van der Waals surface area contributed by atoms with Gasteiger partial charge in [-0.2, -0.15) is 15.1 Å². The van der Waals surface area contributed by atoms with Gasteiger partial charge in [-0.1, -0.05) is 18.0 Å². The van der Waals surface area contributed by atoms with Crippen LogP contribution in [0.5, 0.6) is 11.9 Å². The Morgan fingerprint density at radius 2 is 1.92 bits per heavy atom. The van der Waals surface area contributed by atoms with Gasteiger partial charge in [-0.3, -0.25) is 10.00 Å². The van der Waals surface area contributed by atoms with Crippen molar-refractivity contribution in [3.63, 3.8) is 0 Å². The molecule has 15 heteroatoms. The highest BCUT2D eigenvalue weighted by molar-refractivity contribution is 6.35. The van der Waals surface area contributed by atoms with Crippen molar-refractivity contribution in [2.45, 2.75) is 82.3 Å². The standard InChI is InChI=1S/C37H45ClFN7O6/c1-21-14-24-23(17-40-44-24)26(28(21)38)30-29(39)31-27(33(41-30)48-3)32(45-10-11-49-19-35(2,47)18-45)43-34(42-31)50-20-36-7-4-6-25(36)46(9-5-8-36)22-15-37(16-22)51-12-13-52-37/h14,17,22,25,47H,4-13,15-16,18-20H2,1-3H3,(H,40,44). The van der Waals surface area contributed by atoms with Gasteiger partial charge in [0.1, 0.15) is 28.0 Å². The number of ether oxygens (including phenoxy) is 5. The Kier molecular flexibility index (Phi) is 8.51. The molecule has 4 aromatic rings. The van der Waals surface area contributed by atoms with E-state index in [2.05, 4.69) is 15.1 Å². The van der Waals surface area contributed by atoms with Crippen LogP contribution < -0.4 is 14.4 Å². The van der Waals surface area contributed by atoms with Crippen LogP contribution in [-0.4, -0.2) is 118 Å². The number of nitrogens with one attached hydrogen (secondary N) is 1. The topological polar surface area (TPSA) is 140 Å². The predicted octanol–water partition coefficient (Wildman–Crippen LogP) is 5.18. The first-order chi connectivity index (χ1) is 25.1. The molecule has 6 heterocycles. The third-order valence-electron chi connectivity index (χ3n) is 12.0. The van der Waals surface area contributed by atoms with E-state index in [1.54, 1.807) is 13.1 Å². The highest BCUT2D eigenvalue weighted by Crippen LogP contribution is 2.53. The number of piperidine rings is 1. The van der Waals surface area contributed by atoms with Crippen LogP contribution in [0.25, 0.3) is 33.1 Å². The quantitative estimate of drug-likeness (QED) is 0.258. The molecular formula is C37H45ClFN7O6. The van der Waals surface area contributed by atoms with Gasteiger partial charge in [-0.25, -0.2) is 9.37 Å². The number of aromatic nitrogens is 5. The fourth-order valence-electron chi connectivity index (χ4n) is 9.54. The van der Waals surface area contributed by atoms with Crippen molar-refractivity contribution in [2.75, 3.05) is 64.7 Å². The summed E-state index contributed by atoms with van der Waals surface area (Å²) in [5.41, 5.74) is 0.520. The number of anilines is 1. The highest BCUT2D eigenvalue weighted by Gasteiger charge is 2.57. The molecule has 2 aliphatic carbocycles. The van der Waals surface area contributed by atoms with E-state index in [-0.39, 0.29) is 47.1 Å². The Balaban J connectivity index is 1.12. The fourth-order valence-corrected chi connectivity index (χ4v) is 9.78. The summed E-state index contributed by atoms with van der Waals surface area (Å²) in [5.74, 6) is -0.610. The molecule has 3 unspecified atom stereocenters. The summed E-state index contributed by atoms with van der Waals surface area (Å²) in [6.45, 7) is 7.41. The number of hydrogen-bond donors (Lipinski definition) is 2. The molecule has 1 aromatic carbocycles. The first-order valence-electron chi connectivity index (χ1n) is 18.4. The number of aliphatic hydroxyl groups is 1. The monoisotopic (exact) mass is 737 g/mol. The Hall–Kier alpha value is -3.40. The number of nitrogens with zero attached hydrogens (tertiary/aromatic N) is 6. The minimum absolute atomic E-state index is 0.0112. The van der Waals surface area contributed by atoms with Gasteiger partial charge >= 0.3 is 6.01 Å². The molecule has 13 nitrogen and oxygen atoms in total. The zero-order valence-corrected chi connectivity index (χ0v) is 30.6. The molecule has 5 fully saturated rings. The van der Waals surface area contributed by atoms with Crippen molar-refractivity contribution in [3.8, 4) is 23.1 Å². The van der Waals surface area contributed by atoms with Gasteiger partial charge in [0.25, 0.3) is 0 Å². The lowest BCUT2D eigenvalue weighted by Crippen LogP contribution is -2.63. The van der Waals surface area contributed by atoms with Crippen LogP contribution in [0.3, 0.4) is 0 Å². The SMILES string of the molecule is COc1nc(-c2c(Cl)c(C)cc3[nH]ncc23)c(F)c2nc(OCC34CCCC3N(C3CC5(C3)OCCO5)CCC4)nc(N3CCOCC(C)(O)C3)c12. The van der Waals surface area contributed by atoms with E-state index >= 15 is 4.39 Å². The molecule has 278 valence electrons. The number of likely N-dealkylation sites (tertiary alicyclic amines) is 1. The molecule has 1 spiro atoms. The lowest BCUT2D eigenvalue weighted by Gasteiger charge is -2.55. The lowest BCUT2D eigenvalue weighted by molar-refractivity contribution is -0.242. The largest absolute Gasteiger partial charge is 0.480 e. The normalized spacial score (nSPS) is 28.0. The molecule has 3 aromatic heterocycles. The molecule has 3 saturated heterocycles. The number of hydrogen-bond acceptors (Lipinski definition) is 12. The number of β-amino-alcohol motifs (C(OH)–C–C–N with tert-alkyl or cyclic N) is 1. The van der Waals surface area contributed by atoms with E-state index in [1.807, 2.05) is 17.9 Å². The molecule has 3 aliphatic heterocycles. The lowest BCUT2D eigenvalue weighted by atomic mass is 9.72. The first kappa shape index (κ1) is 34.4. The Morgan fingerprint density at radius 1 is 1.12 bits per heavy atom. The molecule has 52 heavy (non-hydrogen) atoms. The van der Waals surface area contributed by atoms with Crippen LogP contribution in [0.4, 0.5) is 10.2 Å². The van der Waals surface area contributed by atoms with Crippen LogP contribution in [0.1, 0.15) is 57.4 Å². The number of aromatic amines is 1. The summed E-state index contributed by atoms with van der Waals surface area (Å²) in [4.78, 5) is 19.0. The summed E-state index contributed by atoms with van der Waals surface area (Å²) in [7, 11) is 1.48. The van der Waals surface area contributed by atoms with Crippen molar-refractivity contribution < 1.29 is 33.2 Å². The van der Waals surface area contributed by atoms with Crippen LogP contribution in [-0.2, 0) is 14.2 Å². The molecule has 3 atom stereocenters. The summed E-state index contributed by atoms with van der Waals surface area (Å²) in [6, 6.07) is 2.70. The van der Waals surface area contributed by atoms with Crippen molar-refractivity contribution in [2.24, 2.45) is 5.41 Å². The Bertz CT molecular complexity index is 2020. The average molecular weight is 738 g/mol. The molecule has 2 N–H and O–H groups in total. The van der Waals surface area contributed by atoms with Crippen LogP contribution in [0, 0.1) is 18.2 Å². The maximum absolute atomic E-state index is 17.2. The number of rotatable bonds is 7. The number of aryl methyl sites for hydroxylation is 1. The van der Waals surface area contributed by atoms with Gasteiger partial charge in [0.05, 0.1) is 63.4 Å². The minimum Gasteiger partial charge on any atom is -0.480 e. The third kappa shape index (κ3) is 5.68. The van der Waals surface area contributed by atoms with Gasteiger partial charge in [-0.05, 0) is 57.7 Å². The zero-order chi connectivity index (χ0) is 35.8. The van der Waals surface area contributed by atoms with Crippen molar-refractivity contribution in [1.29, 1.82) is 0 Å². The van der Waals surface area contributed by atoms with Gasteiger partial charge in [0, 0.05) is 47.8 Å². The molecule has 0 radical (unpaired) electrons. The van der Waals surface area contributed by atoms with E-state index in [0.29, 0.717) is 72.4 Å². The summed E-state index contributed by atoms with van der Waals surface area (Å²) >= 11 is 6.87. The molecule has 0 amide bonds. The van der Waals surface area contributed by atoms with Crippen molar-refractivity contribution in [1.82, 2.24) is 30.0 Å². The second-order valence-electron chi connectivity index (χ2n) is 15.6. The predicted molar refractivity (Wildman–Crippen MR) is 191 cm³/mol. The van der Waals surface area contributed by atoms with Gasteiger partial charge < -0.3 is 33.7 Å². The number of methoxy groups -OCH3 is 1. The second-order valence-corrected chi connectivity index (χ2v) is 16.0. The smallest absolute Gasteiger partial charge is 0.319 e. The number of pyridine rings is 1. The maximum atomic E-state index is 17.2. The highest BCUT2D eigenvalue weighted by atomic mass is 35.5. The van der Waals surface area contributed by atoms with Gasteiger partial charge in [-0.15, -0.1) is 0 Å². The van der Waals surface area contributed by atoms with E-state index in [4.69, 9.17) is 50.2 Å². The van der Waals surface area contributed by atoms with E-state index in [1.165, 1.54) is 7.11 Å². The average Bonchev–Trinajstić information content (AvgIpc) is 3.87. The molecular weight excluding hydrogens is 693 g/mol. The summed E-state index contributed by atoms with van der Waals surface area (Å²) < 4.78 is 47.4. The summed E-state index contributed by atoms with van der Waals surface area (Å²) in [5, 5.41) is 19.6. The maximum Gasteiger partial charge on any atom is 0.319 e. The minimum atomic E-state index is -1.19. The molecule has 2 saturated carbocycles. The zero-order valence-electron chi connectivity index (χ0n) is 29.8. The Morgan fingerprint density at radius 3 is 2.73 bits per heavy atom. The molecule has 0 bridgehead atoms. The molecule has 5 aliphatic rings. The number of benzene rings is 1. The van der Waals surface area contributed by atoms with Crippen LogP contribution in [0.15, 0.2) is 12.3 Å². The number of halogens is 2. The van der Waals surface area contributed by atoms with Gasteiger partial charge in [0.2, 0.25) is 5.88 Å². The van der Waals surface area contributed by atoms with E-state index in [9.17, 15) is 5.11 Å². The number of fused-ring (bicyclic) bond motifs is 3. The molecule has 9 rings (SSSR count). The van der Waals surface area contributed by atoms with Crippen LogP contribution >= 0.6 is 11.6 Å². The van der Waals surface area contributed by atoms with E-state index in [0.717, 1.165) is 57.1 Å².